The number of carbonyl (C=O) groups excluding carboxylic acids is 2. The summed E-state index contributed by atoms with van der Waals surface area (Å²) in [5.74, 6) is 0.294. The van der Waals surface area contributed by atoms with Crippen molar-refractivity contribution in [1.82, 2.24) is 9.88 Å². The molecule has 2 aromatic carbocycles. The van der Waals surface area contributed by atoms with Gasteiger partial charge in [-0.05, 0) is 31.0 Å². The maximum Gasteiger partial charge on any atom is 0.236 e. The SMILES string of the molecule is COc1cc(OC)c2c(c1Cl)O[C@@]1(C(=O)C=C(NCCCn3ccc4c(OC)cccc43)C[C@H]1C)C2=O. The smallest absolute Gasteiger partial charge is 0.236 e. The van der Waals surface area contributed by atoms with Crippen LogP contribution in [-0.4, -0.2) is 49.6 Å². The third-order valence-corrected chi connectivity index (χ3v) is 7.59. The van der Waals surface area contributed by atoms with E-state index < -0.39 is 23.1 Å². The lowest BCUT2D eigenvalue weighted by Gasteiger charge is -2.35. The van der Waals surface area contributed by atoms with Gasteiger partial charge in [0.15, 0.2) is 5.75 Å². The van der Waals surface area contributed by atoms with E-state index in [0.717, 1.165) is 35.3 Å². The van der Waals surface area contributed by atoms with Crippen LogP contribution in [0.1, 0.15) is 30.1 Å². The molecule has 1 N–H and O–H groups in total. The molecule has 0 saturated carbocycles. The van der Waals surface area contributed by atoms with E-state index in [9.17, 15) is 9.59 Å². The average Bonchev–Trinajstić information content (AvgIpc) is 3.46. The Hall–Kier alpha value is -3.65. The second kappa shape index (κ2) is 9.67. The van der Waals surface area contributed by atoms with Gasteiger partial charge in [-0.2, -0.15) is 0 Å². The van der Waals surface area contributed by atoms with Crippen molar-refractivity contribution in [3.63, 3.8) is 0 Å². The molecule has 1 aliphatic heterocycles. The molecule has 0 radical (unpaired) electrons. The topological polar surface area (TPSA) is 88.0 Å². The number of allylic oxidation sites excluding steroid dienone is 1. The van der Waals surface area contributed by atoms with E-state index in [1.165, 1.54) is 26.4 Å². The fraction of sp³-hybridized carbons (Fsp3) is 0.357. The molecule has 0 saturated heterocycles. The van der Waals surface area contributed by atoms with Crippen molar-refractivity contribution in [3.05, 3.63) is 58.9 Å². The lowest BCUT2D eigenvalue weighted by molar-refractivity contribution is -0.129. The second-order valence-corrected chi connectivity index (χ2v) is 9.67. The van der Waals surface area contributed by atoms with Gasteiger partial charge in [0.1, 0.15) is 27.8 Å². The predicted octanol–water partition coefficient (Wildman–Crippen LogP) is 4.81. The molecular formula is C28H29ClN2O6. The average molecular weight is 525 g/mol. The van der Waals surface area contributed by atoms with E-state index in [-0.39, 0.29) is 22.1 Å². The number of aryl methyl sites for hydroxylation is 1. The summed E-state index contributed by atoms with van der Waals surface area (Å²) < 4.78 is 24.4. The summed E-state index contributed by atoms with van der Waals surface area (Å²) in [7, 11) is 4.58. The molecule has 9 heteroatoms. The quantitative estimate of drug-likeness (QED) is 0.334. The van der Waals surface area contributed by atoms with Crippen LogP contribution in [0.3, 0.4) is 0 Å². The van der Waals surface area contributed by atoms with Crippen LogP contribution in [0.15, 0.2) is 48.3 Å². The summed E-state index contributed by atoms with van der Waals surface area (Å²) >= 11 is 6.45. The lowest BCUT2D eigenvalue weighted by atomic mass is 9.74. The van der Waals surface area contributed by atoms with Crippen molar-refractivity contribution in [3.8, 4) is 23.0 Å². The number of hydrogen-bond acceptors (Lipinski definition) is 7. The van der Waals surface area contributed by atoms with Crippen LogP contribution in [0.4, 0.5) is 0 Å². The number of hydrogen-bond donors (Lipinski definition) is 1. The zero-order valence-corrected chi connectivity index (χ0v) is 22.0. The van der Waals surface area contributed by atoms with Gasteiger partial charge in [-0.15, -0.1) is 0 Å². The van der Waals surface area contributed by atoms with Crippen LogP contribution in [0.2, 0.25) is 5.02 Å². The van der Waals surface area contributed by atoms with Crippen molar-refractivity contribution in [2.24, 2.45) is 5.92 Å². The monoisotopic (exact) mass is 524 g/mol. The van der Waals surface area contributed by atoms with Crippen molar-refractivity contribution >= 4 is 34.1 Å². The molecule has 0 bridgehead atoms. The zero-order chi connectivity index (χ0) is 26.3. The van der Waals surface area contributed by atoms with Crippen molar-refractivity contribution < 1.29 is 28.5 Å². The third kappa shape index (κ3) is 3.91. The maximum absolute atomic E-state index is 13.6. The largest absolute Gasteiger partial charge is 0.496 e. The summed E-state index contributed by atoms with van der Waals surface area (Å²) in [4.78, 5) is 27.0. The maximum atomic E-state index is 13.6. The van der Waals surface area contributed by atoms with E-state index >= 15 is 0 Å². The number of fused-ring (bicyclic) bond motifs is 2. The van der Waals surface area contributed by atoms with Crippen LogP contribution >= 0.6 is 11.6 Å². The fourth-order valence-corrected chi connectivity index (χ4v) is 5.58. The van der Waals surface area contributed by atoms with Gasteiger partial charge in [-0.1, -0.05) is 24.6 Å². The third-order valence-electron chi connectivity index (χ3n) is 7.23. The lowest BCUT2D eigenvalue weighted by Crippen LogP contribution is -2.55. The summed E-state index contributed by atoms with van der Waals surface area (Å²) in [5.41, 5.74) is 0.406. The molecule has 0 fully saturated rings. The Morgan fingerprint density at radius 3 is 2.57 bits per heavy atom. The first kappa shape index (κ1) is 25.0. The number of aromatic nitrogens is 1. The van der Waals surface area contributed by atoms with Gasteiger partial charge in [-0.3, -0.25) is 9.59 Å². The van der Waals surface area contributed by atoms with Crippen molar-refractivity contribution in [2.45, 2.75) is 31.9 Å². The summed E-state index contributed by atoms with van der Waals surface area (Å²) in [6.07, 6.45) is 4.86. The van der Waals surface area contributed by atoms with Gasteiger partial charge in [0.2, 0.25) is 17.2 Å². The number of ether oxygens (including phenoxy) is 4. The summed E-state index contributed by atoms with van der Waals surface area (Å²) in [5, 5.41) is 4.60. The highest BCUT2D eigenvalue weighted by Crippen LogP contribution is 2.52. The molecule has 1 aromatic heterocycles. The minimum absolute atomic E-state index is 0.128. The Balaban J connectivity index is 1.29. The first-order chi connectivity index (χ1) is 17.8. The van der Waals surface area contributed by atoms with Crippen molar-refractivity contribution in [1.29, 1.82) is 0 Å². The highest BCUT2D eigenvalue weighted by atomic mass is 35.5. The van der Waals surface area contributed by atoms with Crippen LogP contribution in [-0.2, 0) is 11.3 Å². The number of benzene rings is 2. The minimum Gasteiger partial charge on any atom is -0.496 e. The Bertz CT molecular complexity index is 1430. The first-order valence-electron chi connectivity index (χ1n) is 12.1. The number of nitrogens with one attached hydrogen (secondary N) is 1. The summed E-state index contributed by atoms with van der Waals surface area (Å²) in [6.45, 7) is 3.32. The van der Waals surface area contributed by atoms with Crippen LogP contribution in [0.5, 0.6) is 23.0 Å². The van der Waals surface area contributed by atoms with E-state index in [4.69, 9.17) is 30.5 Å². The Morgan fingerprint density at radius 2 is 1.86 bits per heavy atom. The molecule has 2 atom stereocenters. The van der Waals surface area contributed by atoms with Gasteiger partial charge in [0.05, 0.1) is 26.8 Å². The molecule has 2 heterocycles. The van der Waals surface area contributed by atoms with Gasteiger partial charge in [-0.25, -0.2) is 0 Å². The van der Waals surface area contributed by atoms with E-state index in [1.54, 1.807) is 7.11 Å². The molecule has 2 aliphatic rings. The molecule has 5 rings (SSSR count). The molecule has 3 aromatic rings. The molecule has 0 amide bonds. The number of carbonyl (C=O) groups is 2. The molecule has 37 heavy (non-hydrogen) atoms. The minimum atomic E-state index is -1.67. The molecule has 194 valence electrons. The predicted molar refractivity (Wildman–Crippen MR) is 140 cm³/mol. The number of methoxy groups -OCH3 is 3. The number of rotatable bonds is 8. The van der Waals surface area contributed by atoms with Gasteiger partial charge in [0.25, 0.3) is 0 Å². The van der Waals surface area contributed by atoms with Crippen LogP contribution < -0.4 is 24.3 Å². The number of halogens is 1. The molecular weight excluding hydrogens is 496 g/mol. The van der Waals surface area contributed by atoms with Crippen LogP contribution in [0.25, 0.3) is 10.9 Å². The second-order valence-electron chi connectivity index (χ2n) is 9.29. The Morgan fingerprint density at radius 1 is 1.11 bits per heavy atom. The van der Waals surface area contributed by atoms with Gasteiger partial charge in [0, 0.05) is 48.4 Å². The fourth-order valence-electron chi connectivity index (χ4n) is 5.32. The van der Waals surface area contributed by atoms with E-state index in [2.05, 4.69) is 28.2 Å². The number of ketones is 2. The normalized spacial score (nSPS) is 20.6. The summed E-state index contributed by atoms with van der Waals surface area (Å²) in [6, 6.07) is 9.59. The van der Waals surface area contributed by atoms with Gasteiger partial charge >= 0.3 is 0 Å². The van der Waals surface area contributed by atoms with E-state index in [1.807, 2.05) is 19.1 Å². The van der Waals surface area contributed by atoms with Crippen molar-refractivity contribution in [2.75, 3.05) is 27.9 Å². The first-order valence-corrected chi connectivity index (χ1v) is 12.5. The number of Topliss-reactive ketones (excluding diaryl/α,β-unsaturated/α-hetero) is 1. The molecule has 1 aliphatic carbocycles. The highest BCUT2D eigenvalue weighted by Gasteiger charge is 2.60. The van der Waals surface area contributed by atoms with Crippen LogP contribution in [0, 0.1) is 5.92 Å². The molecule has 1 spiro atoms. The Kier molecular flexibility index (Phi) is 6.54. The zero-order valence-electron chi connectivity index (χ0n) is 21.2. The molecule has 8 nitrogen and oxygen atoms in total. The van der Waals surface area contributed by atoms with E-state index in [0.29, 0.717) is 18.7 Å². The highest BCUT2D eigenvalue weighted by molar-refractivity contribution is 6.36. The Labute approximate surface area is 220 Å². The number of nitrogens with zero attached hydrogens (tertiary/aromatic N) is 1. The van der Waals surface area contributed by atoms with Gasteiger partial charge < -0.3 is 28.8 Å². The standard InChI is InChI=1S/C28H29ClN2O6/c1-16-13-17(30-10-6-11-31-12-9-18-19(31)7-5-8-20(18)34-2)14-23(32)28(16)27(33)24-21(35-3)15-22(36-4)25(29)26(24)37-28/h5,7-9,12,14-16,30H,6,10-11,13H2,1-4H3/t16-,28+/m1/s1. The molecule has 0 unspecified atom stereocenters.